The number of ether oxygens (including phenoxy) is 3. The molecule has 0 aliphatic carbocycles. The number of fused-ring (bicyclic) bond motifs is 1. The van der Waals surface area contributed by atoms with Gasteiger partial charge in [0.1, 0.15) is 17.4 Å². The maximum Gasteiger partial charge on any atom is 0.248 e. The molecule has 7 atom stereocenters. The third-order valence-corrected chi connectivity index (χ3v) is 11.0. The minimum absolute atomic E-state index is 0.0891. The van der Waals surface area contributed by atoms with Crippen molar-refractivity contribution >= 4 is 23.4 Å². The Balaban J connectivity index is 1.54. The Morgan fingerprint density at radius 2 is 1.79 bits per heavy atom. The van der Waals surface area contributed by atoms with Crippen LogP contribution < -0.4 is 9.64 Å². The van der Waals surface area contributed by atoms with Gasteiger partial charge in [0.2, 0.25) is 17.7 Å². The van der Waals surface area contributed by atoms with Crippen LogP contribution in [-0.4, -0.2) is 127 Å². The molecule has 4 saturated heterocycles. The van der Waals surface area contributed by atoms with Gasteiger partial charge in [-0.3, -0.25) is 19.3 Å². The first-order valence-corrected chi connectivity index (χ1v) is 17.6. The average molecular weight is 667 g/mol. The zero-order valence-electron chi connectivity index (χ0n) is 29.1. The fourth-order valence-electron chi connectivity index (χ4n) is 8.41. The van der Waals surface area contributed by atoms with Crippen LogP contribution in [0.2, 0.25) is 0 Å². The summed E-state index contributed by atoms with van der Waals surface area (Å²) in [6.45, 7) is 20.4. The first kappa shape index (κ1) is 36.0. The molecule has 4 aliphatic heterocycles. The topological polar surface area (TPSA) is 112 Å². The number of carbonyl (C=O) groups excluding carboxylic acids is 3. The molecule has 5 rings (SSSR count). The van der Waals surface area contributed by atoms with Crippen LogP contribution in [0.5, 0.6) is 5.75 Å². The summed E-state index contributed by atoms with van der Waals surface area (Å²) in [6, 6.07) is 5.72. The van der Waals surface area contributed by atoms with Gasteiger partial charge in [0, 0.05) is 45.0 Å². The van der Waals surface area contributed by atoms with Crippen LogP contribution in [0, 0.1) is 17.8 Å². The van der Waals surface area contributed by atoms with Gasteiger partial charge in [0.15, 0.2) is 0 Å². The smallest absolute Gasteiger partial charge is 0.248 e. The summed E-state index contributed by atoms with van der Waals surface area (Å²) in [5.41, 5.74) is -1.50. The van der Waals surface area contributed by atoms with Crippen molar-refractivity contribution in [1.29, 1.82) is 0 Å². The summed E-state index contributed by atoms with van der Waals surface area (Å²) < 4.78 is 18.1. The number of morpholine rings is 1. The number of hydrogen-bond donors (Lipinski definition) is 1. The number of nitrogens with zero attached hydrogens (tertiary/aromatic N) is 4. The lowest BCUT2D eigenvalue weighted by molar-refractivity contribution is -0.156. The first-order valence-electron chi connectivity index (χ1n) is 17.6. The second kappa shape index (κ2) is 15.1. The average Bonchev–Trinajstić information content (AvgIpc) is 3.67. The number of benzene rings is 1. The minimum Gasteiger partial charge on any atom is -0.494 e. The lowest BCUT2D eigenvalue weighted by Crippen LogP contribution is -2.60. The fourth-order valence-corrected chi connectivity index (χ4v) is 8.41. The largest absolute Gasteiger partial charge is 0.494 e. The Bertz CT molecular complexity index is 1330. The standard InChI is InChI=1S/C37H54N4O7/c1-7-17-39(20-19-38-21-23-46-24-22-38)35(45)32-37-16-15-36(6,48-37)30(31(37)34(44)41(32)29(25-42)26(5)9-3)33(43)40(18-8-2)27-11-13-28(14-12-27)47-10-4/h7-8,11-14,26,29-32,42H,1-2,9-10,15-25H2,3-6H3/t26-,29-,30+,31-,32?,36-,37?/m0/s1. The quantitative estimate of drug-likeness (QED) is 0.268. The fraction of sp³-hybridized carbons (Fsp3) is 0.649. The summed E-state index contributed by atoms with van der Waals surface area (Å²) in [5, 5.41) is 10.8. The summed E-state index contributed by atoms with van der Waals surface area (Å²) >= 11 is 0. The van der Waals surface area contributed by atoms with E-state index in [0.717, 1.165) is 13.1 Å². The van der Waals surface area contributed by atoms with Crippen molar-refractivity contribution in [2.45, 2.75) is 70.2 Å². The lowest BCUT2D eigenvalue weighted by atomic mass is 9.66. The van der Waals surface area contributed by atoms with Crippen LogP contribution in [-0.2, 0) is 23.9 Å². The van der Waals surface area contributed by atoms with Crippen molar-refractivity contribution in [3.8, 4) is 5.75 Å². The molecular weight excluding hydrogens is 612 g/mol. The van der Waals surface area contributed by atoms with E-state index in [1.807, 2.05) is 52.0 Å². The van der Waals surface area contributed by atoms with Crippen molar-refractivity contribution in [3.05, 3.63) is 49.6 Å². The van der Waals surface area contributed by atoms with E-state index in [9.17, 15) is 19.5 Å². The van der Waals surface area contributed by atoms with Crippen LogP contribution in [0.25, 0.3) is 0 Å². The van der Waals surface area contributed by atoms with Crippen molar-refractivity contribution in [2.24, 2.45) is 17.8 Å². The van der Waals surface area contributed by atoms with Crippen molar-refractivity contribution < 1.29 is 33.7 Å². The van der Waals surface area contributed by atoms with Gasteiger partial charge < -0.3 is 34.0 Å². The van der Waals surface area contributed by atoms with Crippen LogP contribution >= 0.6 is 0 Å². The molecule has 11 heteroatoms. The van der Waals surface area contributed by atoms with E-state index < -0.39 is 35.1 Å². The molecule has 48 heavy (non-hydrogen) atoms. The van der Waals surface area contributed by atoms with E-state index in [1.54, 1.807) is 26.9 Å². The highest BCUT2D eigenvalue weighted by atomic mass is 16.5. The van der Waals surface area contributed by atoms with Crippen LogP contribution in [0.3, 0.4) is 0 Å². The number of rotatable bonds is 16. The molecule has 1 N–H and O–H groups in total. The Morgan fingerprint density at radius 3 is 2.40 bits per heavy atom. The number of carbonyl (C=O) groups is 3. The molecule has 2 bridgehead atoms. The number of likely N-dealkylation sites (tertiary alicyclic amines) is 1. The number of hydrogen-bond acceptors (Lipinski definition) is 8. The molecule has 1 aromatic carbocycles. The number of aliphatic hydroxyl groups is 1. The van der Waals surface area contributed by atoms with E-state index in [0.29, 0.717) is 70.2 Å². The SMILES string of the molecule is C=CCN(CCN1CCOCC1)C(=O)C1N([C@@H](CO)[C@@H](C)CC)C(=O)[C@@H]2[C@H](C(=O)N(CC=C)c3ccc(OCC)cc3)[C@]3(C)CCC12O3. The second-order valence-corrected chi connectivity index (χ2v) is 13.8. The maximum absolute atomic E-state index is 14.9. The second-order valence-electron chi connectivity index (χ2n) is 13.8. The minimum atomic E-state index is -1.21. The molecule has 4 heterocycles. The van der Waals surface area contributed by atoms with E-state index >= 15 is 0 Å². The summed E-state index contributed by atoms with van der Waals surface area (Å²) in [5.74, 6) is -1.87. The third-order valence-electron chi connectivity index (χ3n) is 11.0. The summed E-state index contributed by atoms with van der Waals surface area (Å²) in [6.07, 6.45) is 5.06. The highest BCUT2D eigenvalue weighted by molar-refractivity contribution is 6.03. The Morgan fingerprint density at radius 1 is 1.10 bits per heavy atom. The van der Waals surface area contributed by atoms with Gasteiger partial charge >= 0.3 is 0 Å². The highest BCUT2D eigenvalue weighted by Crippen LogP contribution is 2.64. The molecule has 0 aromatic heterocycles. The van der Waals surface area contributed by atoms with Crippen molar-refractivity contribution in [1.82, 2.24) is 14.7 Å². The number of amides is 3. The molecule has 2 unspecified atom stereocenters. The normalized spacial score (nSPS) is 29.3. The Kier molecular flexibility index (Phi) is 11.3. The Labute approximate surface area is 285 Å². The van der Waals surface area contributed by atoms with Crippen molar-refractivity contribution in [3.63, 3.8) is 0 Å². The van der Waals surface area contributed by atoms with E-state index in [4.69, 9.17) is 14.2 Å². The summed E-state index contributed by atoms with van der Waals surface area (Å²) in [4.78, 5) is 51.9. The maximum atomic E-state index is 14.9. The highest BCUT2D eigenvalue weighted by Gasteiger charge is 2.79. The van der Waals surface area contributed by atoms with Gasteiger partial charge in [0.05, 0.1) is 49.9 Å². The first-order chi connectivity index (χ1) is 23.1. The van der Waals surface area contributed by atoms with Gasteiger partial charge in [-0.25, -0.2) is 0 Å². The number of anilines is 1. The summed E-state index contributed by atoms with van der Waals surface area (Å²) in [7, 11) is 0. The molecule has 4 fully saturated rings. The van der Waals surface area contributed by atoms with Gasteiger partial charge in [0.25, 0.3) is 0 Å². The van der Waals surface area contributed by atoms with Gasteiger partial charge in [-0.05, 0) is 56.9 Å². The third kappa shape index (κ3) is 6.42. The van der Waals surface area contributed by atoms with Gasteiger partial charge in [-0.15, -0.1) is 13.2 Å². The molecule has 11 nitrogen and oxygen atoms in total. The molecular formula is C37H54N4O7. The van der Waals surface area contributed by atoms with E-state index in [2.05, 4.69) is 18.1 Å². The molecule has 3 amide bonds. The molecule has 0 radical (unpaired) electrons. The zero-order chi connectivity index (χ0) is 34.6. The van der Waals surface area contributed by atoms with Crippen molar-refractivity contribution in [2.75, 3.05) is 70.6 Å². The Hall–Kier alpha value is -3.25. The number of aliphatic hydroxyl groups excluding tert-OH is 1. The predicted molar refractivity (Wildman–Crippen MR) is 184 cm³/mol. The molecule has 4 aliphatic rings. The van der Waals surface area contributed by atoms with Crippen LogP contribution in [0.15, 0.2) is 49.6 Å². The zero-order valence-corrected chi connectivity index (χ0v) is 29.1. The lowest BCUT2D eigenvalue weighted by Gasteiger charge is -2.41. The van der Waals surface area contributed by atoms with Crippen LogP contribution in [0.1, 0.15) is 47.0 Å². The molecule has 1 aromatic rings. The monoisotopic (exact) mass is 666 g/mol. The van der Waals surface area contributed by atoms with Gasteiger partial charge in [-0.1, -0.05) is 32.4 Å². The molecule has 0 saturated carbocycles. The van der Waals surface area contributed by atoms with Gasteiger partial charge in [-0.2, -0.15) is 0 Å². The van der Waals surface area contributed by atoms with Crippen LogP contribution in [0.4, 0.5) is 5.69 Å². The molecule has 1 spiro atoms. The molecule has 264 valence electrons. The predicted octanol–water partition coefficient (Wildman–Crippen LogP) is 3.12. The van der Waals surface area contributed by atoms with E-state index in [1.165, 1.54) is 0 Å². The van der Waals surface area contributed by atoms with E-state index in [-0.39, 0.29) is 36.8 Å².